The van der Waals surface area contributed by atoms with E-state index < -0.39 is 0 Å². The van der Waals surface area contributed by atoms with Gasteiger partial charge in [-0.1, -0.05) is 11.6 Å². The Morgan fingerprint density at radius 2 is 1.96 bits per heavy atom. The normalized spacial score (nSPS) is 11.9. The molecule has 0 atom stereocenters. The molecular weight excluding hydrogens is 358 g/mol. The molecule has 0 aliphatic carbocycles. The summed E-state index contributed by atoms with van der Waals surface area (Å²) in [5.41, 5.74) is 1.43. The number of aromatic nitrogens is 3. The van der Waals surface area contributed by atoms with Crippen LogP contribution >= 0.6 is 11.6 Å². The van der Waals surface area contributed by atoms with Crippen LogP contribution in [0.3, 0.4) is 0 Å². The Bertz CT molecular complexity index is 953. The van der Waals surface area contributed by atoms with Gasteiger partial charge in [-0.3, -0.25) is 0 Å². The zero-order chi connectivity index (χ0) is 17.9. The van der Waals surface area contributed by atoms with Crippen LogP contribution in [0.5, 0.6) is 17.2 Å². The fraction of sp³-hybridized carbons (Fsp3) is 0.118. The third-order valence-electron chi connectivity index (χ3n) is 3.61. The first-order chi connectivity index (χ1) is 12.7. The number of nitrogens with zero attached hydrogens (tertiary/aromatic N) is 3. The van der Waals surface area contributed by atoms with Crippen LogP contribution < -0.4 is 24.8 Å². The van der Waals surface area contributed by atoms with Gasteiger partial charge < -0.3 is 24.8 Å². The van der Waals surface area contributed by atoms with E-state index >= 15 is 0 Å². The summed E-state index contributed by atoms with van der Waals surface area (Å²) >= 11 is 6.04. The Balaban J connectivity index is 1.54. The fourth-order valence-corrected chi connectivity index (χ4v) is 2.61. The summed E-state index contributed by atoms with van der Waals surface area (Å²) < 4.78 is 16.0. The molecule has 0 bridgehead atoms. The molecule has 0 radical (unpaired) electrons. The second-order valence-corrected chi connectivity index (χ2v) is 5.76. The SMILES string of the molecule is COc1ccc(Cl)cc1Nc1nncc(Nc2ccc3c(c2)OCO3)n1. The number of halogens is 1. The van der Waals surface area contributed by atoms with Crippen molar-refractivity contribution in [3.05, 3.63) is 47.6 Å². The Hall–Kier alpha value is -3.26. The number of rotatable bonds is 5. The lowest BCUT2D eigenvalue weighted by molar-refractivity contribution is 0.174. The summed E-state index contributed by atoms with van der Waals surface area (Å²) in [5.74, 6) is 2.83. The van der Waals surface area contributed by atoms with Crippen LogP contribution in [-0.4, -0.2) is 29.1 Å². The van der Waals surface area contributed by atoms with Gasteiger partial charge in [0.2, 0.25) is 12.7 Å². The first-order valence-electron chi connectivity index (χ1n) is 7.68. The second-order valence-electron chi connectivity index (χ2n) is 5.33. The van der Waals surface area contributed by atoms with Crippen molar-refractivity contribution < 1.29 is 14.2 Å². The third-order valence-corrected chi connectivity index (χ3v) is 3.85. The van der Waals surface area contributed by atoms with E-state index in [0.717, 1.165) is 5.69 Å². The summed E-state index contributed by atoms with van der Waals surface area (Å²) in [4.78, 5) is 4.40. The maximum absolute atomic E-state index is 6.04. The van der Waals surface area contributed by atoms with Gasteiger partial charge in [0.15, 0.2) is 17.3 Å². The molecule has 26 heavy (non-hydrogen) atoms. The van der Waals surface area contributed by atoms with Crippen LogP contribution in [0.25, 0.3) is 0 Å². The number of fused-ring (bicyclic) bond motifs is 1. The maximum atomic E-state index is 6.04. The molecule has 2 aromatic carbocycles. The lowest BCUT2D eigenvalue weighted by Crippen LogP contribution is -2.03. The summed E-state index contributed by atoms with van der Waals surface area (Å²) in [6.07, 6.45) is 1.52. The minimum absolute atomic E-state index is 0.226. The highest BCUT2D eigenvalue weighted by Crippen LogP contribution is 2.35. The van der Waals surface area contributed by atoms with Crippen molar-refractivity contribution in [1.82, 2.24) is 15.2 Å². The first-order valence-corrected chi connectivity index (χ1v) is 8.06. The molecule has 3 aromatic rings. The fourth-order valence-electron chi connectivity index (χ4n) is 2.44. The molecule has 0 unspecified atom stereocenters. The van der Waals surface area contributed by atoms with Gasteiger partial charge in [0.05, 0.1) is 19.0 Å². The lowest BCUT2D eigenvalue weighted by atomic mass is 10.3. The first kappa shape index (κ1) is 16.2. The Labute approximate surface area is 154 Å². The average Bonchev–Trinajstić information content (AvgIpc) is 3.10. The van der Waals surface area contributed by atoms with Crippen molar-refractivity contribution in [2.45, 2.75) is 0 Å². The monoisotopic (exact) mass is 371 g/mol. The van der Waals surface area contributed by atoms with Crippen molar-refractivity contribution in [1.29, 1.82) is 0 Å². The molecule has 0 saturated carbocycles. The molecule has 1 aliphatic rings. The zero-order valence-electron chi connectivity index (χ0n) is 13.7. The van der Waals surface area contributed by atoms with Crippen molar-refractivity contribution >= 4 is 34.7 Å². The molecule has 1 aliphatic heterocycles. The number of benzene rings is 2. The summed E-state index contributed by atoms with van der Waals surface area (Å²) in [5, 5.41) is 14.7. The van der Waals surface area contributed by atoms with Crippen LogP contribution in [0.2, 0.25) is 5.02 Å². The summed E-state index contributed by atoms with van der Waals surface area (Å²) in [7, 11) is 1.57. The number of anilines is 4. The van der Waals surface area contributed by atoms with E-state index in [1.807, 2.05) is 18.2 Å². The van der Waals surface area contributed by atoms with E-state index in [-0.39, 0.29) is 6.79 Å². The van der Waals surface area contributed by atoms with Gasteiger partial charge >= 0.3 is 0 Å². The molecule has 9 heteroatoms. The third kappa shape index (κ3) is 3.40. The highest BCUT2D eigenvalue weighted by molar-refractivity contribution is 6.31. The quantitative estimate of drug-likeness (QED) is 0.700. The molecule has 8 nitrogen and oxygen atoms in total. The van der Waals surface area contributed by atoms with Gasteiger partial charge in [-0.2, -0.15) is 10.1 Å². The number of hydrogen-bond acceptors (Lipinski definition) is 8. The molecule has 2 heterocycles. The lowest BCUT2D eigenvalue weighted by Gasteiger charge is -2.11. The largest absolute Gasteiger partial charge is 0.495 e. The predicted octanol–water partition coefficient (Wildman–Crippen LogP) is 3.75. The number of nitrogens with one attached hydrogen (secondary N) is 2. The maximum Gasteiger partial charge on any atom is 0.249 e. The van der Waals surface area contributed by atoms with Gasteiger partial charge in [0.25, 0.3) is 0 Å². The molecule has 0 saturated heterocycles. The van der Waals surface area contributed by atoms with E-state index in [1.54, 1.807) is 25.3 Å². The molecule has 132 valence electrons. The molecule has 2 N–H and O–H groups in total. The summed E-state index contributed by atoms with van der Waals surface area (Å²) in [6, 6.07) is 10.7. The van der Waals surface area contributed by atoms with E-state index in [1.165, 1.54) is 6.20 Å². The van der Waals surface area contributed by atoms with E-state index in [9.17, 15) is 0 Å². The minimum Gasteiger partial charge on any atom is -0.495 e. The van der Waals surface area contributed by atoms with Gasteiger partial charge in [0, 0.05) is 16.8 Å². The number of ether oxygens (including phenoxy) is 3. The highest BCUT2D eigenvalue weighted by Gasteiger charge is 2.14. The van der Waals surface area contributed by atoms with E-state index in [2.05, 4.69) is 25.8 Å². The minimum atomic E-state index is 0.226. The van der Waals surface area contributed by atoms with Gasteiger partial charge in [0.1, 0.15) is 5.75 Å². The highest BCUT2D eigenvalue weighted by atomic mass is 35.5. The smallest absolute Gasteiger partial charge is 0.249 e. The Morgan fingerprint density at radius 3 is 2.85 bits per heavy atom. The topological polar surface area (TPSA) is 90.4 Å². The van der Waals surface area contributed by atoms with Gasteiger partial charge in [-0.05, 0) is 30.3 Å². The van der Waals surface area contributed by atoms with Crippen LogP contribution in [-0.2, 0) is 0 Å². The zero-order valence-corrected chi connectivity index (χ0v) is 14.4. The van der Waals surface area contributed by atoms with Crippen LogP contribution in [0.1, 0.15) is 0 Å². The molecule has 1 aromatic heterocycles. The standard InChI is InChI=1S/C17H14ClN5O3/c1-24-13-4-2-10(18)6-12(13)21-17-22-16(8-19-23-17)20-11-3-5-14-15(7-11)26-9-25-14/h2-8H,9H2,1H3,(H2,20,21,22,23). The predicted molar refractivity (Wildman–Crippen MR) is 97.0 cm³/mol. The van der Waals surface area contributed by atoms with Crippen molar-refractivity contribution in [2.24, 2.45) is 0 Å². The average molecular weight is 372 g/mol. The van der Waals surface area contributed by atoms with E-state index in [0.29, 0.717) is 39.7 Å². The Morgan fingerprint density at radius 1 is 1.08 bits per heavy atom. The van der Waals surface area contributed by atoms with Crippen LogP contribution in [0.15, 0.2) is 42.6 Å². The van der Waals surface area contributed by atoms with Crippen molar-refractivity contribution in [3.8, 4) is 17.2 Å². The second kappa shape index (κ2) is 6.93. The van der Waals surface area contributed by atoms with Gasteiger partial charge in [-0.25, -0.2) is 0 Å². The number of methoxy groups -OCH3 is 1. The molecule has 0 spiro atoms. The van der Waals surface area contributed by atoms with Crippen LogP contribution in [0, 0.1) is 0 Å². The number of hydrogen-bond donors (Lipinski definition) is 2. The van der Waals surface area contributed by atoms with Gasteiger partial charge in [-0.15, -0.1) is 5.10 Å². The molecule has 0 fully saturated rings. The molecular formula is C17H14ClN5O3. The summed E-state index contributed by atoms with van der Waals surface area (Å²) in [6.45, 7) is 0.226. The van der Waals surface area contributed by atoms with Crippen molar-refractivity contribution in [2.75, 3.05) is 24.5 Å². The molecule has 0 amide bonds. The molecule has 4 rings (SSSR count). The van der Waals surface area contributed by atoms with Crippen molar-refractivity contribution in [3.63, 3.8) is 0 Å². The van der Waals surface area contributed by atoms with E-state index in [4.69, 9.17) is 25.8 Å². The Kier molecular flexibility index (Phi) is 4.32. The van der Waals surface area contributed by atoms with Crippen LogP contribution in [0.4, 0.5) is 23.1 Å².